The fraction of sp³-hybridized carbons (Fsp3) is 0.333. The third kappa shape index (κ3) is 2.27. The first-order chi connectivity index (χ1) is 6.97. The van der Waals surface area contributed by atoms with Gasteiger partial charge in [0.2, 0.25) is 0 Å². The SMILES string of the molecule is Cc1nc(C(F)F)c(CN)cc1C(=O)O. The van der Waals surface area contributed by atoms with Crippen LogP contribution in [0.4, 0.5) is 8.78 Å². The molecule has 1 heterocycles. The molecule has 0 atom stereocenters. The monoisotopic (exact) mass is 216 g/mol. The number of carboxylic acid groups (broad SMARTS) is 1. The number of rotatable bonds is 3. The van der Waals surface area contributed by atoms with Gasteiger partial charge in [-0.1, -0.05) is 0 Å². The van der Waals surface area contributed by atoms with Crippen molar-refractivity contribution < 1.29 is 18.7 Å². The smallest absolute Gasteiger partial charge is 0.337 e. The molecule has 15 heavy (non-hydrogen) atoms. The molecular weight excluding hydrogens is 206 g/mol. The van der Waals surface area contributed by atoms with Gasteiger partial charge in [-0.15, -0.1) is 0 Å². The molecule has 3 N–H and O–H groups in total. The minimum atomic E-state index is -2.75. The van der Waals surface area contributed by atoms with E-state index in [-0.39, 0.29) is 23.4 Å². The van der Waals surface area contributed by atoms with Gasteiger partial charge in [-0.05, 0) is 18.6 Å². The number of hydrogen-bond acceptors (Lipinski definition) is 3. The van der Waals surface area contributed by atoms with Crippen LogP contribution in [0.15, 0.2) is 6.07 Å². The lowest BCUT2D eigenvalue weighted by Crippen LogP contribution is -2.10. The fourth-order valence-corrected chi connectivity index (χ4v) is 1.23. The van der Waals surface area contributed by atoms with Gasteiger partial charge >= 0.3 is 5.97 Å². The molecule has 4 nitrogen and oxygen atoms in total. The number of hydrogen-bond donors (Lipinski definition) is 2. The zero-order chi connectivity index (χ0) is 11.6. The lowest BCUT2D eigenvalue weighted by molar-refractivity contribution is 0.0694. The maximum Gasteiger partial charge on any atom is 0.337 e. The molecule has 0 aliphatic carbocycles. The van der Waals surface area contributed by atoms with Gasteiger partial charge in [-0.2, -0.15) is 0 Å². The van der Waals surface area contributed by atoms with Crippen LogP contribution >= 0.6 is 0 Å². The lowest BCUT2D eigenvalue weighted by Gasteiger charge is -2.09. The van der Waals surface area contributed by atoms with Gasteiger partial charge in [-0.25, -0.2) is 13.6 Å². The van der Waals surface area contributed by atoms with Crippen molar-refractivity contribution in [2.45, 2.75) is 19.9 Å². The molecule has 6 heteroatoms. The van der Waals surface area contributed by atoms with Crippen molar-refractivity contribution in [3.8, 4) is 0 Å². The van der Waals surface area contributed by atoms with Crippen molar-refractivity contribution in [2.75, 3.05) is 0 Å². The number of carboxylic acids is 1. The first kappa shape index (κ1) is 11.5. The van der Waals surface area contributed by atoms with Crippen molar-refractivity contribution in [1.82, 2.24) is 4.98 Å². The zero-order valence-electron chi connectivity index (χ0n) is 8.00. The highest BCUT2D eigenvalue weighted by Gasteiger charge is 2.18. The van der Waals surface area contributed by atoms with Gasteiger partial charge in [0.05, 0.1) is 11.3 Å². The summed E-state index contributed by atoms with van der Waals surface area (Å²) < 4.78 is 24.9. The summed E-state index contributed by atoms with van der Waals surface area (Å²) >= 11 is 0. The Kier molecular flexibility index (Phi) is 3.31. The quantitative estimate of drug-likeness (QED) is 0.802. The van der Waals surface area contributed by atoms with Crippen molar-refractivity contribution in [1.29, 1.82) is 0 Å². The first-order valence-corrected chi connectivity index (χ1v) is 4.19. The Labute approximate surface area is 84.7 Å². The number of carbonyl (C=O) groups is 1. The topological polar surface area (TPSA) is 76.2 Å². The Morgan fingerprint density at radius 2 is 2.27 bits per heavy atom. The highest BCUT2D eigenvalue weighted by Crippen LogP contribution is 2.22. The van der Waals surface area contributed by atoms with Crippen LogP contribution in [0.5, 0.6) is 0 Å². The van der Waals surface area contributed by atoms with E-state index in [1.807, 2.05) is 0 Å². The van der Waals surface area contributed by atoms with Crippen LogP contribution in [0.3, 0.4) is 0 Å². The minimum Gasteiger partial charge on any atom is -0.478 e. The van der Waals surface area contributed by atoms with Crippen LogP contribution in [-0.4, -0.2) is 16.1 Å². The normalized spacial score (nSPS) is 10.7. The first-order valence-electron chi connectivity index (χ1n) is 4.19. The highest BCUT2D eigenvalue weighted by atomic mass is 19.3. The van der Waals surface area contributed by atoms with Gasteiger partial charge in [-0.3, -0.25) is 4.98 Å². The van der Waals surface area contributed by atoms with Crippen molar-refractivity contribution in [3.63, 3.8) is 0 Å². The number of pyridine rings is 1. The second-order valence-corrected chi connectivity index (χ2v) is 2.98. The largest absolute Gasteiger partial charge is 0.478 e. The Bertz CT molecular complexity index is 394. The molecule has 0 fully saturated rings. The van der Waals surface area contributed by atoms with Gasteiger partial charge in [0.25, 0.3) is 6.43 Å². The van der Waals surface area contributed by atoms with E-state index >= 15 is 0 Å². The van der Waals surface area contributed by atoms with Crippen molar-refractivity contribution >= 4 is 5.97 Å². The van der Waals surface area contributed by atoms with Gasteiger partial charge in [0.1, 0.15) is 5.69 Å². The number of halogens is 2. The van der Waals surface area contributed by atoms with E-state index in [0.717, 1.165) is 6.07 Å². The van der Waals surface area contributed by atoms with Gasteiger partial charge in [0, 0.05) is 6.54 Å². The molecule has 0 bridgehead atoms. The Hall–Kier alpha value is -1.56. The maximum atomic E-state index is 12.5. The van der Waals surface area contributed by atoms with Gasteiger partial charge < -0.3 is 10.8 Å². The van der Waals surface area contributed by atoms with Gasteiger partial charge in [0.15, 0.2) is 0 Å². The number of aryl methyl sites for hydroxylation is 1. The Morgan fingerprint density at radius 1 is 1.67 bits per heavy atom. The maximum absolute atomic E-state index is 12.5. The molecule has 0 saturated carbocycles. The Morgan fingerprint density at radius 3 is 2.67 bits per heavy atom. The van der Waals surface area contributed by atoms with Crippen LogP contribution in [0.1, 0.15) is 33.7 Å². The van der Waals surface area contributed by atoms with Crippen LogP contribution in [-0.2, 0) is 6.54 Å². The van der Waals surface area contributed by atoms with Crippen molar-refractivity contribution in [2.24, 2.45) is 5.73 Å². The molecule has 0 saturated heterocycles. The average molecular weight is 216 g/mol. The van der Waals surface area contributed by atoms with E-state index in [1.165, 1.54) is 6.92 Å². The molecule has 82 valence electrons. The summed E-state index contributed by atoms with van der Waals surface area (Å²) in [6, 6.07) is 1.14. The third-order valence-electron chi connectivity index (χ3n) is 1.98. The minimum absolute atomic E-state index is 0.0630. The van der Waals surface area contributed by atoms with E-state index < -0.39 is 18.1 Å². The predicted molar refractivity (Wildman–Crippen MR) is 48.8 cm³/mol. The van der Waals surface area contributed by atoms with E-state index in [1.54, 1.807) is 0 Å². The molecule has 1 rings (SSSR count). The van der Waals surface area contributed by atoms with E-state index in [9.17, 15) is 13.6 Å². The third-order valence-corrected chi connectivity index (χ3v) is 1.98. The summed E-state index contributed by atoms with van der Waals surface area (Å²) in [6.07, 6.45) is -2.75. The summed E-state index contributed by atoms with van der Waals surface area (Å²) in [5, 5.41) is 8.75. The average Bonchev–Trinajstić information content (AvgIpc) is 2.16. The fourth-order valence-electron chi connectivity index (χ4n) is 1.23. The molecular formula is C9H10F2N2O2. The van der Waals surface area contributed by atoms with Crippen LogP contribution in [0, 0.1) is 6.92 Å². The van der Waals surface area contributed by atoms with E-state index in [2.05, 4.69) is 4.98 Å². The van der Waals surface area contributed by atoms with Crippen LogP contribution < -0.4 is 5.73 Å². The molecule has 1 aromatic heterocycles. The lowest BCUT2D eigenvalue weighted by atomic mass is 10.1. The van der Waals surface area contributed by atoms with E-state index in [0.29, 0.717) is 0 Å². The van der Waals surface area contributed by atoms with Crippen LogP contribution in [0.2, 0.25) is 0 Å². The summed E-state index contributed by atoms with van der Waals surface area (Å²) in [4.78, 5) is 14.3. The number of nitrogens with zero attached hydrogens (tertiary/aromatic N) is 1. The Balaban J connectivity index is 3.35. The molecule has 0 spiro atoms. The molecule has 0 aromatic carbocycles. The molecule has 0 radical (unpaired) electrons. The summed E-state index contributed by atoms with van der Waals surface area (Å²) in [7, 11) is 0. The summed E-state index contributed by atoms with van der Waals surface area (Å²) in [5.74, 6) is -1.20. The molecule has 0 unspecified atom stereocenters. The summed E-state index contributed by atoms with van der Waals surface area (Å²) in [6.45, 7) is 1.21. The van der Waals surface area contributed by atoms with Crippen LogP contribution in [0.25, 0.3) is 0 Å². The van der Waals surface area contributed by atoms with E-state index in [4.69, 9.17) is 10.8 Å². The number of aromatic carboxylic acids is 1. The van der Waals surface area contributed by atoms with Crippen molar-refractivity contribution in [3.05, 3.63) is 28.6 Å². The number of aromatic nitrogens is 1. The summed E-state index contributed by atoms with van der Waals surface area (Å²) in [5.41, 5.74) is 4.83. The molecule has 1 aromatic rings. The molecule has 0 aliphatic heterocycles. The highest BCUT2D eigenvalue weighted by molar-refractivity contribution is 5.89. The second-order valence-electron chi connectivity index (χ2n) is 2.98. The second kappa shape index (κ2) is 4.31. The molecule has 0 aliphatic rings. The molecule has 0 amide bonds. The predicted octanol–water partition coefficient (Wildman–Crippen LogP) is 1.48. The number of nitrogens with two attached hydrogens (primary N) is 1. The number of alkyl halides is 2. The zero-order valence-corrected chi connectivity index (χ0v) is 8.00. The standard InChI is InChI=1S/C9H10F2N2O2/c1-4-6(9(14)15)2-5(3-12)7(13-4)8(10)11/h2,8H,3,12H2,1H3,(H,14,15).